The van der Waals surface area contributed by atoms with Gasteiger partial charge in [0.05, 0.1) is 18.5 Å². The van der Waals surface area contributed by atoms with Crippen molar-refractivity contribution in [2.45, 2.75) is 77.4 Å². The van der Waals surface area contributed by atoms with Crippen LogP contribution < -0.4 is 0 Å². The van der Waals surface area contributed by atoms with Gasteiger partial charge in [-0.3, -0.25) is 4.98 Å². The molecule has 2 rings (SSSR count). The highest BCUT2D eigenvalue weighted by Gasteiger charge is 2.13. The molecule has 1 aromatic heterocycles. The number of nitrogens with zero attached hydrogens (tertiary/aromatic N) is 2. The Bertz CT molecular complexity index is 721. The van der Waals surface area contributed by atoms with Gasteiger partial charge in [-0.15, -0.1) is 0 Å². The molecule has 0 unspecified atom stereocenters. The molecule has 3 nitrogen and oxygen atoms in total. The molecule has 0 bridgehead atoms. The van der Waals surface area contributed by atoms with Gasteiger partial charge in [-0.25, -0.2) is 4.99 Å². The van der Waals surface area contributed by atoms with E-state index in [2.05, 4.69) is 61.9 Å². The summed E-state index contributed by atoms with van der Waals surface area (Å²) >= 11 is 1.65. The standard InChI is InChI=1S/C25H36N2OS/c1-5-6-7-8-9-10-18-28-24(27-23-12-11-17-26-19-23)29-20-21-13-15-22(16-14-21)25(2,3)4/h11-17,19H,5-10,18,20H2,1-4H3. The highest BCUT2D eigenvalue weighted by molar-refractivity contribution is 8.12. The molecule has 2 aromatic rings. The van der Waals surface area contributed by atoms with Crippen LogP contribution in [0.3, 0.4) is 0 Å². The third kappa shape index (κ3) is 9.49. The first kappa shape index (κ1) is 23.5. The first-order valence-electron chi connectivity index (χ1n) is 10.8. The Kier molecular flexibility index (Phi) is 10.3. The number of hydrogen-bond donors (Lipinski definition) is 0. The quantitative estimate of drug-likeness (QED) is 0.228. The van der Waals surface area contributed by atoms with Gasteiger partial charge in [0.1, 0.15) is 0 Å². The van der Waals surface area contributed by atoms with Crippen molar-refractivity contribution >= 4 is 22.7 Å². The zero-order valence-corrected chi connectivity index (χ0v) is 19.3. The second-order valence-electron chi connectivity index (χ2n) is 8.44. The van der Waals surface area contributed by atoms with E-state index in [0.29, 0.717) is 0 Å². The van der Waals surface area contributed by atoms with Gasteiger partial charge in [0.15, 0.2) is 0 Å². The van der Waals surface area contributed by atoms with Crippen molar-refractivity contribution < 1.29 is 4.74 Å². The van der Waals surface area contributed by atoms with Gasteiger partial charge in [0.25, 0.3) is 5.23 Å². The molecule has 0 fully saturated rings. The van der Waals surface area contributed by atoms with Crippen molar-refractivity contribution in [2.24, 2.45) is 4.99 Å². The number of ether oxygens (including phenoxy) is 1. The molecule has 0 aliphatic rings. The Morgan fingerprint density at radius 2 is 1.72 bits per heavy atom. The Morgan fingerprint density at radius 1 is 1.00 bits per heavy atom. The van der Waals surface area contributed by atoms with Crippen LogP contribution in [-0.4, -0.2) is 16.8 Å². The van der Waals surface area contributed by atoms with Gasteiger partial charge < -0.3 is 4.74 Å². The zero-order valence-electron chi connectivity index (χ0n) is 18.5. The van der Waals surface area contributed by atoms with Gasteiger partial charge >= 0.3 is 0 Å². The maximum absolute atomic E-state index is 6.04. The lowest BCUT2D eigenvalue weighted by Gasteiger charge is -2.19. The fraction of sp³-hybridized carbons (Fsp3) is 0.520. The largest absolute Gasteiger partial charge is 0.473 e. The Labute approximate surface area is 181 Å². The second-order valence-corrected chi connectivity index (χ2v) is 9.37. The molecule has 0 aliphatic heterocycles. The van der Waals surface area contributed by atoms with E-state index in [0.717, 1.165) is 29.7 Å². The number of aromatic nitrogens is 1. The Morgan fingerprint density at radius 3 is 2.38 bits per heavy atom. The highest BCUT2D eigenvalue weighted by atomic mass is 32.2. The third-order valence-corrected chi connectivity index (χ3v) is 5.71. The highest BCUT2D eigenvalue weighted by Crippen LogP contribution is 2.24. The van der Waals surface area contributed by atoms with Crippen LogP contribution in [0.15, 0.2) is 53.8 Å². The predicted molar refractivity (Wildman–Crippen MR) is 127 cm³/mol. The minimum Gasteiger partial charge on any atom is -0.473 e. The summed E-state index contributed by atoms with van der Waals surface area (Å²) in [5, 5.41) is 0.728. The number of unbranched alkanes of at least 4 members (excludes halogenated alkanes) is 5. The summed E-state index contributed by atoms with van der Waals surface area (Å²) in [5.74, 6) is 0.847. The third-order valence-electron chi connectivity index (χ3n) is 4.77. The molecule has 158 valence electrons. The Hall–Kier alpha value is -1.81. The van der Waals surface area contributed by atoms with Crippen LogP contribution in [0.5, 0.6) is 0 Å². The lowest BCUT2D eigenvalue weighted by molar-refractivity contribution is 0.301. The van der Waals surface area contributed by atoms with Gasteiger partial charge in [0.2, 0.25) is 0 Å². The van der Waals surface area contributed by atoms with E-state index in [1.807, 2.05) is 12.1 Å². The van der Waals surface area contributed by atoms with Crippen molar-refractivity contribution in [3.05, 3.63) is 59.9 Å². The van der Waals surface area contributed by atoms with E-state index in [-0.39, 0.29) is 5.41 Å². The van der Waals surface area contributed by atoms with Gasteiger partial charge in [-0.2, -0.15) is 0 Å². The van der Waals surface area contributed by atoms with Gasteiger partial charge in [-0.05, 0) is 35.1 Å². The summed E-state index contributed by atoms with van der Waals surface area (Å²) in [6.07, 6.45) is 11.1. The minimum atomic E-state index is 0.179. The predicted octanol–water partition coefficient (Wildman–Crippen LogP) is 7.68. The summed E-state index contributed by atoms with van der Waals surface area (Å²) in [6, 6.07) is 12.7. The van der Waals surface area contributed by atoms with Crippen LogP contribution in [0.1, 0.15) is 77.3 Å². The van der Waals surface area contributed by atoms with E-state index < -0.39 is 0 Å². The van der Waals surface area contributed by atoms with Crippen LogP contribution in [0.4, 0.5) is 5.69 Å². The summed E-state index contributed by atoms with van der Waals surface area (Å²) < 4.78 is 6.04. The molecule has 0 amide bonds. The van der Waals surface area contributed by atoms with Crippen LogP contribution in [-0.2, 0) is 15.9 Å². The normalized spacial score (nSPS) is 12.2. The average Bonchev–Trinajstić information content (AvgIpc) is 2.71. The molecule has 1 heterocycles. The maximum atomic E-state index is 6.04. The number of benzene rings is 1. The second kappa shape index (κ2) is 12.7. The molecule has 0 aliphatic carbocycles. The summed E-state index contributed by atoms with van der Waals surface area (Å²) in [4.78, 5) is 8.83. The minimum absolute atomic E-state index is 0.179. The van der Waals surface area contributed by atoms with E-state index >= 15 is 0 Å². The molecule has 1 aromatic carbocycles. The van der Waals surface area contributed by atoms with Crippen molar-refractivity contribution in [3.63, 3.8) is 0 Å². The molecule has 29 heavy (non-hydrogen) atoms. The molecule has 0 saturated carbocycles. The molecule has 0 N–H and O–H groups in total. The van der Waals surface area contributed by atoms with Crippen molar-refractivity contribution in [3.8, 4) is 0 Å². The number of hydrogen-bond acceptors (Lipinski definition) is 4. The number of aliphatic imine (C=N–C) groups is 1. The fourth-order valence-electron chi connectivity index (χ4n) is 2.92. The summed E-state index contributed by atoms with van der Waals surface area (Å²) in [6.45, 7) is 9.70. The number of pyridine rings is 1. The molecule has 0 saturated heterocycles. The van der Waals surface area contributed by atoms with Gasteiger partial charge in [-0.1, -0.05) is 95.8 Å². The number of thioether (sulfide) groups is 1. The van der Waals surface area contributed by atoms with Crippen LogP contribution in [0.2, 0.25) is 0 Å². The van der Waals surface area contributed by atoms with E-state index in [1.165, 1.54) is 43.2 Å². The SMILES string of the molecule is CCCCCCCCOC(=Nc1cccnc1)SCc1ccc(C(C)(C)C)cc1. The van der Waals surface area contributed by atoms with E-state index in [4.69, 9.17) is 4.74 Å². The van der Waals surface area contributed by atoms with Gasteiger partial charge in [0, 0.05) is 11.9 Å². The van der Waals surface area contributed by atoms with Crippen molar-refractivity contribution in [1.82, 2.24) is 4.98 Å². The topological polar surface area (TPSA) is 34.5 Å². The fourth-order valence-corrected chi connectivity index (χ4v) is 3.74. The first-order valence-corrected chi connectivity index (χ1v) is 11.8. The zero-order chi connectivity index (χ0) is 21.0. The molecule has 0 radical (unpaired) electrons. The lowest BCUT2D eigenvalue weighted by Crippen LogP contribution is -2.10. The van der Waals surface area contributed by atoms with Crippen molar-refractivity contribution in [1.29, 1.82) is 0 Å². The summed E-state index contributed by atoms with van der Waals surface area (Å²) in [5.41, 5.74) is 3.65. The van der Waals surface area contributed by atoms with Crippen molar-refractivity contribution in [2.75, 3.05) is 6.61 Å². The van der Waals surface area contributed by atoms with E-state index in [1.54, 1.807) is 24.2 Å². The van der Waals surface area contributed by atoms with Crippen LogP contribution in [0, 0.1) is 0 Å². The van der Waals surface area contributed by atoms with Crippen LogP contribution >= 0.6 is 11.8 Å². The van der Waals surface area contributed by atoms with Crippen LogP contribution in [0.25, 0.3) is 0 Å². The first-order chi connectivity index (χ1) is 14.0. The molecular weight excluding hydrogens is 376 g/mol. The smallest absolute Gasteiger partial charge is 0.251 e. The molecular formula is C25H36N2OS. The van der Waals surface area contributed by atoms with E-state index in [9.17, 15) is 0 Å². The Balaban J connectivity index is 1.90. The monoisotopic (exact) mass is 412 g/mol. The lowest BCUT2D eigenvalue weighted by atomic mass is 9.87. The summed E-state index contributed by atoms with van der Waals surface area (Å²) in [7, 11) is 0. The molecule has 0 atom stereocenters. The number of rotatable bonds is 10. The molecule has 4 heteroatoms. The molecule has 0 spiro atoms. The maximum Gasteiger partial charge on any atom is 0.251 e. The average molecular weight is 413 g/mol.